The smallest absolute Gasteiger partial charge is 0.271 e. The molecule has 0 aliphatic rings. The normalized spacial score (nSPS) is 10.9. The van der Waals surface area contributed by atoms with Crippen LogP contribution in [0.2, 0.25) is 0 Å². The number of anilines is 1. The lowest BCUT2D eigenvalue weighted by Gasteiger charge is -2.04. The summed E-state index contributed by atoms with van der Waals surface area (Å²) < 4.78 is 21.7. The predicted molar refractivity (Wildman–Crippen MR) is 63.6 cm³/mol. The van der Waals surface area contributed by atoms with Crippen molar-refractivity contribution in [1.82, 2.24) is 15.3 Å². The van der Waals surface area contributed by atoms with Crippen molar-refractivity contribution in [2.24, 2.45) is 0 Å². The molecule has 0 unspecified atom stereocenters. The van der Waals surface area contributed by atoms with E-state index in [1.807, 2.05) is 0 Å². The summed E-state index contributed by atoms with van der Waals surface area (Å²) in [6, 6.07) is 0. The van der Waals surface area contributed by atoms with Gasteiger partial charge in [0.05, 0.1) is 18.1 Å². The molecule has 0 fully saturated rings. The monoisotopic (exact) mass is 258 g/mol. The number of carbonyl (C=O) groups is 1. The van der Waals surface area contributed by atoms with Gasteiger partial charge in [0.15, 0.2) is 0 Å². The summed E-state index contributed by atoms with van der Waals surface area (Å²) in [4.78, 5) is 19.4. The number of carbonyl (C=O) groups excluding carboxylic acids is 1. The number of amides is 1. The van der Waals surface area contributed by atoms with Crippen LogP contribution in [0.4, 0.5) is 5.82 Å². The van der Waals surface area contributed by atoms with E-state index in [0.717, 1.165) is 6.26 Å². The van der Waals surface area contributed by atoms with Crippen LogP contribution in [0.15, 0.2) is 12.4 Å². The average Bonchev–Trinajstić information content (AvgIpc) is 2.27. The second-order valence-electron chi connectivity index (χ2n) is 3.43. The maximum Gasteiger partial charge on any atom is 0.271 e. The van der Waals surface area contributed by atoms with Crippen molar-refractivity contribution in [3.63, 3.8) is 0 Å². The van der Waals surface area contributed by atoms with Gasteiger partial charge in [0, 0.05) is 19.8 Å². The molecule has 0 atom stereocenters. The lowest BCUT2D eigenvalue weighted by molar-refractivity contribution is 0.0951. The van der Waals surface area contributed by atoms with Crippen LogP contribution < -0.4 is 10.6 Å². The van der Waals surface area contributed by atoms with Crippen LogP contribution in [-0.4, -0.2) is 49.9 Å². The van der Waals surface area contributed by atoms with Gasteiger partial charge in [-0.1, -0.05) is 0 Å². The summed E-state index contributed by atoms with van der Waals surface area (Å²) in [5, 5.41) is 5.21. The summed E-state index contributed by atoms with van der Waals surface area (Å²) in [5.74, 6) is -0.0725. The Morgan fingerprint density at radius 1 is 1.41 bits per heavy atom. The lowest BCUT2D eigenvalue weighted by atomic mass is 10.4. The zero-order valence-electron chi connectivity index (χ0n) is 9.60. The molecule has 0 bridgehead atoms. The number of nitrogens with zero attached hydrogens (tertiary/aromatic N) is 2. The fourth-order valence-corrected chi connectivity index (χ4v) is 1.51. The Balaban J connectivity index is 2.58. The minimum atomic E-state index is -3.08. The molecule has 94 valence electrons. The summed E-state index contributed by atoms with van der Waals surface area (Å²) >= 11 is 0. The van der Waals surface area contributed by atoms with Gasteiger partial charge in [-0.05, 0) is 0 Å². The first-order valence-electron chi connectivity index (χ1n) is 4.88. The fraction of sp³-hybridized carbons (Fsp3) is 0.444. The van der Waals surface area contributed by atoms with E-state index in [0.29, 0.717) is 5.82 Å². The second-order valence-corrected chi connectivity index (χ2v) is 5.69. The molecular weight excluding hydrogens is 244 g/mol. The third-order valence-electron chi connectivity index (χ3n) is 1.88. The number of sulfone groups is 1. The first kappa shape index (κ1) is 13.4. The number of hydrogen-bond acceptors (Lipinski definition) is 6. The Morgan fingerprint density at radius 2 is 2.12 bits per heavy atom. The standard InChI is InChI=1S/C9H14N4O3S/c1-10-8-6-11-5-7(13-8)9(14)12-3-4-17(2,15)16/h5-6H,3-4H2,1-2H3,(H,10,13)(H,12,14). The van der Waals surface area contributed by atoms with Crippen LogP contribution in [0, 0.1) is 0 Å². The largest absolute Gasteiger partial charge is 0.372 e. The van der Waals surface area contributed by atoms with E-state index >= 15 is 0 Å². The highest BCUT2D eigenvalue weighted by molar-refractivity contribution is 7.90. The van der Waals surface area contributed by atoms with Crippen molar-refractivity contribution >= 4 is 21.6 Å². The van der Waals surface area contributed by atoms with Crippen molar-refractivity contribution < 1.29 is 13.2 Å². The van der Waals surface area contributed by atoms with E-state index in [2.05, 4.69) is 20.6 Å². The molecule has 17 heavy (non-hydrogen) atoms. The summed E-state index contributed by atoms with van der Waals surface area (Å²) in [6.07, 6.45) is 3.91. The molecule has 0 aliphatic heterocycles. The van der Waals surface area contributed by atoms with Gasteiger partial charge in [0.1, 0.15) is 21.3 Å². The molecule has 2 N–H and O–H groups in total. The van der Waals surface area contributed by atoms with Gasteiger partial charge >= 0.3 is 0 Å². The fourth-order valence-electron chi connectivity index (χ4n) is 1.04. The Bertz CT molecular complexity index is 501. The maximum absolute atomic E-state index is 11.6. The Kier molecular flexibility index (Phi) is 4.38. The van der Waals surface area contributed by atoms with Crippen LogP contribution >= 0.6 is 0 Å². The molecule has 1 aromatic heterocycles. The number of rotatable bonds is 5. The molecule has 0 saturated carbocycles. The molecular formula is C9H14N4O3S. The molecule has 0 radical (unpaired) electrons. The van der Waals surface area contributed by atoms with Crippen molar-refractivity contribution in [2.45, 2.75) is 0 Å². The highest BCUT2D eigenvalue weighted by atomic mass is 32.2. The molecule has 1 amide bonds. The van der Waals surface area contributed by atoms with Crippen LogP contribution in [0.25, 0.3) is 0 Å². The Labute approximate surface area is 99.6 Å². The number of nitrogens with one attached hydrogen (secondary N) is 2. The van der Waals surface area contributed by atoms with E-state index in [9.17, 15) is 13.2 Å². The van der Waals surface area contributed by atoms with Crippen molar-refractivity contribution in [3.05, 3.63) is 18.1 Å². The highest BCUT2D eigenvalue weighted by Gasteiger charge is 2.09. The van der Waals surface area contributed by atoms with Crippen LogP contribution in [0.3, 0.4) is 0 Å². The van der Waals surface area contributed by atoms with Gasteiger partial charge in [0.25, 0.3) is 5.91 Å². The molecule has 0 saturated heterocycles. The van der Waals surface area contributed by atoms with Gasteiger partial charge in [-0.3, -0.25) is 9.78 Å². The van der Waals surface area contributed by atoms with Gasteiger partial charge in [-0.25, -0.2) is 13.4 Å². The Morgan fingerprint density at radius 3 is 2.71 bits per heavy atom. The van der Waals surface area contributed by atoms with Crippen molar-refractivity contribution in [1.29, 1.82) is 0 Å². The molecule has 1 heterocycles. The zero-order valence-corrected chi connectivity index (χ0v) is 10.4. The molecule has 0 aromatic carbocycles. The molecule has 7 nitrogen and oxygen atoms in total. The average molecular weight is 258 g/mol. The quantitative estimate of drug-likeness (QED) is 0.723. The third kappa shape index (κ3) is 4.77. The van der Waals surface area contributed by atoms with E-state index in [1.165, 1.54) is 12.4 Å². The van der Waals surface area contributed by atoms with E-state index < -0.39 is 15.7 Å². The van der Waals surface area contributed by atoms with Crippen molar-refractivity contribution in [3.8, 4) is 0 Å². The summed E-state index contributed by atoms with van der Waals surface area (Å²) in [7, 11) is -1.42. The lowest BCUT2D eigenvalue weighted by Crippen LogP contribution is -2.29. The molecule has 1 aromatic rings. The molecule has 0 aliphatic carbocycles. The summed E-state index contributed by atoms with van der Waals surface area (Å²) in [5.41, 5.74) is 0.144. The molecule has 1 rings (SSSR count). The minimum absolute atomic E-state index is 0.0587. The van der Waals surface area contributed by atoms with Crippen molar-refractivity contribution in [2.75, 3.05) is 30.9 Å². The van der Waals surface area contributed by atoms with Gasteiger partial charge < -0.3 is 10.6 Å². The topological polar surface area (TPSA) is 101 Å². The minimum Gasteiger partial charge on any atom is -0.372 e. The van der Waals surface area contributed by atoms with Crippen LogP contribution in [0.1, 0.15) is 10.5 Å². The van der Waals surface area contributed by atoms with E-state index in [4.69, 9.17) is 0 Å². The highest BCUT2D eigenvalue weighted by Crippen LogP contribution is 2.00. The van der Waals surface area contributed by atoms with Gasteiger partial charge in [-0.15, -0.1) is 0 Å². The summed E-state index contributed by atoms with van der Waals surface area (Å²) in [6.45, 7) is 0.0587. The first-order chi connectivity index (χ1) is 7.92. The number of aromatic nitrogens is 2. The van der Waals surface area contributed by atoms with Gasteiger partial charge in [0.2, 0.25) is 0 Å². The van der Waals surface area contributed by atoms with E-state index in [-0.39, 0.29) is 18.0 Å². The first-order valence-corrected chi connectivity index (χ1v) is 6.94. The van der Waals surface area contributed by atoms with Gasteiger partial charge in [-0.2, -0.15) is 0 Å². The third-order valence-corrected chi connectivity index (χ3v) is 2.83. The maximum atomic E-state index is 11.6. The SMILES string of the molecule is CNc1cncc(C(=O)NCCS(C)(=O)=O)n1. The predicted octanol–water partition coefficient (Wildman–Crippen LogP) is -0.707. The second kappa shape index (κ2) is 5.58. The Hall–Kier alpha value is -1.70. The van der Waals surface area contributed by atoms with Crippen LogP contribution in [-0.2, 0) is 9.84 Å². The van der Waals surface area contributed by atoms with Crippen LogP contribution in [0.5, 0.6) is 0 Å². The molecule has 0 spiro atoms. The zero-order chi connectivity index (χ0) is 12.9. The molecule has 8 heteroatoms. The van der Waals surface area contributed by atoms with E-state index in [1.54, 1.807) is 7.05 Å². The number of hydrogen-bond donors (Lipinski definition) is 2.